The molecule has 1 atom stereocenters. The maximum atomic E-state index is 14.0. The van der Waals surface area contributed by atoms with Crippen LogP contribution in [0.1, 0.15) is 67.4 Å². The molecule has 4 heterocycles. The number of ether oxygens (including phenoxy) is 2. The summed E-state index contributed by atoms with van der Waals surface area (Å²) >= 11 is 6.24. The molecule has 16 nitrogen and oxygen atoms in total. The van der Waals surface area contributed by atoms with E-state index in [2.05, 4.69) is 55.2 Å². The molecule has 2 aromatic heterocycles. The monoisotopic (exact) mass is 943 g/mol. The Bertz CT molecular complexity index is 2930. The van der Waals surface area contributed by atoms with E-state index in [9.17, 15) is 31.7 Å². The summed E-state index contributed by atoms with van der Waals surface area (Å²) in [6.07, 6.45) is 7.64. The van der Waals surface area contributed by atoms with Gasteiger partial charge in [-0.2, -0.15) is 0 Å². The number of anilines is 1. The van der Waals surface area contributed by atoms with Gasteiger partial charge in [-0.05, 0) is 91.5 Å². The highest BCUT2D eigenvalue weighted by Gasteiger charge is 2.37. The first-order valence-corrected chi connectivity index (χ1v) is 25.1. The quantitative estimate of drug-likeness (QED) is 0.0733. The predicted octanol–water partition coefficient (Wildman–Crippen LogP) is 7.45. The molecule has 0 bridgehead atoms. The molecule has 19 heteroatoms. The third kappa shape index (κ3) is 10.0. The van der Waals surface area contributed by atoms with E-state index in [1.54, 1.807) is 24.4 Å². The molecule has 65 heavy (non-hydrogen) atoms. The van der Waals surface area contributed by atoms with E-state index in [0.29, 0.717) is 42.4 Å². The number of benzene rings is 3. The summed E-state index contributed by atoms with van der Waals surface area (Å²) in [5.41, 5.74) is 5.21. The van der Waals surface area contributed by atoms with Gasteiger partial charge in [-0.3, -0.25) is 19.8 Å². The first-order valence-electron chi connectivity index (χ1n) is 21.7. The Balaban J connectivity index is 0.934. The van der Waals surface area contributed by atoms with Gasteiger partial charge in [0, 0.05) is 85.7 Å². The van der Waals surface area contributed by atoms with Gasteiger partial charge < -0.3 is 19.4 Å². The van der Waals surface area contributed by atoms with Gasteiger partial charge in [0.25, 0.3) is 21.6 Å². The summed E-state index contributed by atoms with van der Waals surface area (Å²) in [5.74, 6) is -1.07. The van der Waals surface area contributed by atoms with Crippen LogP contribution in [-0.4, -0.2) is 93.7 Å². The summed E-state index contributed by atoms with van der Waals surface area (Å²) in [4.78, 5) is 37.2. The van der Waals surface area contributed by atoms with Gasteiger partial charge in [-0.25, -0.2) is 31.3 Å². The number of nitro groups is 1. The van der Waals surface area contributed by atoms with Crippen molar-refractivity contribution < 1.29 is 36.0 Å². The molecule has 1 saturated carbocycles. The van der Waals surface area contributed by atoms with Gasteiger partial charge in [0.1, 0.15) is 22.9 Å². The molecule has 5 aromatic rings. The number of allylic oxidation sites excluding steroid dienone is 1. The summed E-state index contributed by atoms with van der Waals surface area (Å²) in [6, 6.07) is 18.7. The third-order valence-electron chi connectivity index (χ3n) is 12.7. The topological polar surface area (TPSA) is 206 Å². The third-order valence-corrected chi connectivity index (χ3v) is 16.2. The van der Waals surface area contributed by atoms with E-state index in [1.165, 1.54) is 29.0 Å². The van der Waals surface area contributed by atoms with Crippen molar-refractivity contribution in [1.82, 2.24) is 24.3 Å². The maximum Gasteiger partial charge on any atom is 0.277 e. The van der Waals surface area contributed by atoms with Crippen molar-refractivity contribution in [3.63, 3.8) is 0 Å². The number of rotatable bonds is 14. The van der Waals surface area contributed by atoms with Crippen molar-refractivity contribution in [3.8, 4) is 17.2 Å². The van der Waals surface area contributed by atoms with Gasteiger partial charge in [0.2, 0.25) is 10.0 Å². The Morgan fingerprint density at radius 3 is 2.54 bits per heavy atom. The molecule has 9 rings (SSSR count). The standard InChI is InChI=1S/C46H50ClN7O9S2/c1-46(2)13-11-32(40(24-46)30-3-5-33(47)6-4-30)27-52-15-17-53(18-16-52)34-7-10-38(43(21-34)63-35-20-31-12-14-48-44(31)49-26-35)45(55)51-65(60,61)37-22-41(54(56)57)39-19-29(28-62-42(39)23-37)25-50-64(58,59)36-8-9-36/h3-7,10,12,14,20-23,26,29,36,50H,8-9,11,13,15-19,24-25,27-28H2,1-2H3,(H,48,49)(H,51,55)/t29-/m1/s1. The fraction of sp³-hybridized carbons (Fsp3) is 0.391. The van der Waals surface area contributed by atoms with Crippen LogP contribution in [0, 0.1) is 21.4 Å². The van der Waals surface area contributed by atoms with E-state index in [-0.39, 0.29) is 47.6 Å². The Morgan fingerprint density at radius 2 is 1.80 bits per heavy atom. The van der Waals surface area contributed by atoms with Gasteiger partial charge in [0.15, 0.2) is 0 Å². The second-order valence-electron chi connectivity index (χ2n) is 18.1. The van der Waals surface area contributed by atoms with Crippen LogP contribution in [0.15, 0.2) is 89.6 Å². The molecule has 342 valence electrons. The Morgan fingerprint density at radius 1 is 1.03 bits per heavy atom. The van der Waals surface area contributed by atoms with Crippen molar-refractivity contribution in [3.05, 3.63) is 117 Å². The smallest absolute Gasteiger partial charge is 0.277 e. The second kappa shape index (κ2) is 17.7. The largest absolute Gasteiger partial charge is 0.493 e. The zero-order valence-electron chi connectivity index (χ0n) is 36.0. The molecule has 2 aliphatic carbocycles. The molecular weight excluding hydrogens is 894 g/mol. The highest BCUT2D eigenvalue weighted by atomic mass is 35.5. The lowest BCUT2D eigenvalue weighted by atomic mass is 9.72. The van der Waals surface area contributed by atoms with Crippen LogP contribution in [0.3, 0.4) is 0 Å². The molecule has 2 aliphatic heterocycles. The van der Waals surface area contributed by atoms with Gasteiger partial charge >= 0.3 is 0 Å². The fourth-order valence-corrected chi connectivity index (χ4v) is 11.5. The molecule has 0 spiro atoms. The van der Waals surface area contributed by atoms with Crippen molar-refractivity contribution in [2.75, 3.05) is 50.8 Å². The summed E-state index contributed by atoms with van der Waals surface area (Å²) in [7, 11) is -8.19. The lowest BCUT2D eigenvalue weighted by molar-refractivity contribution is -0.386. The summed E-state index contributed by atoms with van der Waals surface area (Å²) < 4.78 is 69.3. The molecule has 3 N–H and O–H groups in total. The molecular formula is C46H50ClN7O9S2. The second-order valence-corrected chi connectivity index (χ2v) is 22.3. The summed E-state index contributed by atoms with van der Waals surface area (Å²) in [6.45, 7) is 8.50. The number of H-pyrrole nitrogens is 1. The number of hydrogen-bond donors (Lipinski definition) is 3. The molecule has 0 unspecified atom stereocenters. The maximum absolute atomic E-state index is 14.0. The minimum absolute atomic E-state index is 0.000527. The zero-order chi connectivity index (χ0) is 45.7. The first-order chi connectivity index (χ1) is 31.0. The van der Waals surface area contributed by atoms with Crippen LogP contribution >= 0.6 is 11.6 Å². The van der Waals surface area contributed by atoms with Crippen LogP contribution in [0.5, 0.6) is 17.2 Å². The number of nitrogens with zero attached hydrogens (tertiary/aromatic N) is 4. The lowest BCUT2D eigenvalue weighted by Gasteiger charge is -2.39. The normalized spacial score (nSPS) is 19.1. The molecule has 2 fully saturated rings. The fourth-order valence-electron chi connectivity index (χ4n) is 8.89. The average Bonchev–Trinajstić information content (AvgIpc) is 4.05. The number of pyridine rings is 1. The number of piperazine rings is 1. The van der Waals surface area contributed by atoms with Crippen LogP contribution in [0.25, 0.3) is 16.6 Å². The zero-order valence-corrected chi connectivity index (χ0v) is 38.4. The predicted molar refractivity (Wildman–Crippen MR) is 248 cm³/mol. The Labute approximate surface area is 382 Å². The van der Waals surface area contributed by atoms with Crippen LogP contribution < -0.4 is 23.8 Å². The number of carbonyl (C=O) groups is 1. The highest BCUT2D eigenvalue weighted by molar-refractivity contribution is 7.90. The number of nitro benzene ring substituents is 1. The highest BCUT2D eigenvalue weighted by Crippen LogP contribution is 2.44. The number of hydrogen-bond acceptors (Lipinski definition) is 12. The first kappa shape index (κ1) is 44.7. The van der Waals surface area contributed by atoms with Crippen molar-refractivity contribution in [2.24, 2.45) is 11.3 Å². The number of sulfonamides is 2. The molecule has 4 aliphatic rings. The van der Waals surface area contributed by atoms with E-state index in [4.69, 9.17) is 21.1 Å². The van der Waals surface area contributed by atoms with E-state index >= 15 is 0 Å². The SMILES string of the molecule is CC1(C)CCC(CN2CCN(c3ccc(C(=O)NS(=O)(=O)c4cc5c(c([N+](=O)[O-])c4)C[C@H](CNS(=O)(=O)C4CC4)CO5)c(Oc4cnc5[nH]ccc5c4)c3)CC2)=C(c2ccc(Cl)cc2)C1. The van der Waals surface area contributed by atoms with Crippen molar-refractivity contribution in [1.29, 1.82) is 0 Å². The summed E-state index contributed by atoms with van der Waals surface area (Å²) in [5, 5.41) is 13.3. The van der Waals surface area contributed by atoms with Gasteiger partial charge in [-0.15, -0.1) is 0 Å². The van der Waals surface area contributed by atoms with E-state index in [0.717, 1.165) is 62.1 Å². The number of carbonyl (C=O) groups excluding carboxylic acids is 1. The molecule has 3 aromatic carbocycles. The van der Waals surface area contributed by atoms with Gasteiger partial charge in [-0.1, -0.05) is 43.2 Å². The molecule has 1 saturated heterocycles. The molecule has 0 radical (unpaired) electrons. The Hall–Kier alpha value is -5.53. The van der Waals surface area contributed by atoms with E-state index in [1.807, 2.05) is 18.2 Å². The molecule has 1 amide bonds. The number of amides is 1. The van der Waals surface area contributed by atoms with Crippen LogP contribution in [-0.2, 0) is 26.5 Å². The Kier molecular flexibility index (Phi) is 12.2. The minimum atomic E-state index is -4.71. The van der Waals surface area contributed by atoms with Crippen molar-refractivity contribution >= 4 is 65.5 Å². The van der Waals surface area contributed by atoms with Crippen molar-refractivity contribution in [2.45, 2.75) is 62.5 Å². The van der Waals surface area contributed by atoms with Crippen LogP contribution in [0.2, 0.25) is 5.02 Å². The minimum Gasteiger partial charge on any atom is -0.493 e. The van der Waals surface area contributed by atoms with Crippen LogP contribution in [0.4, 0.5) is 11.4 Å². The number of nitrogens with one attached hydrogen (secondary N) is 3. The van der Waals surface area contributed by atoms with E-state index < -0.39 is 52.6 Å². The number of halogens is 1. The lowest BCUT2D eigenvalue weighted by Crippen LogP contribution is -2.47. The number of fused-ring (bicyclic) bond motifs is 2. The number of aromatic amines is 1. The van der Waals surface area contributed by atoms with Gasteiger partial charge in [0.05, 0.1) is 39.0 Å². The average molecular weight is 945 g/mol. The number of aromatic nitrogens is 2.